The number of nitrogens with zero attached hydrogens (tertiary/aromatic N) is 1. The molecule has 1 fully saturated rings. The van der Waals surface area contributed by atoms with E-state index in [0.29, 0.717) is 18.9 Å². The van der Waals surface area contributed by atoms with Crippen molar-refractivity contribution in [3.05, 3.63) is 41.3 Å². The Labute approximate surface area is 195 Å². The normalized spacial score (nSPS) is 19.6. The van der Waals surface area contributed by atoms with Crippen molar-refractivity contribution in [3.63, 3.8) is 0 Å². The molecule has 0 aliphatic heterocycles. The third-order valence-corrected chi connectivity index (χ3v) is 6.23. The highest BCUT2D eigenvalue weighted by atomic mass is 16.5. The minimum atomic E-state index is -1.00. The molecule has 7 nitrogen and oxygen atoms in total. The molecule has 3 unspecified atom stereocenters. The highest BCUT2D eigenvalue weighted by Crippen LogP contribution is 2.31. The van der Waals surface area contributed by atoms with E-state index >= 15 is 0 Å². The van der Waals surface area contributed by atoms with Crippen LogP contribution in [0.2, 0.25) is 0 Å². The third-order valence-electron chi connectivity index (χ3n) is 6.23. The number of carboxylic acids is 1. The number of oxazole rings is 1. The van der Waals surface area contributed by atoms with E-state index in [-0.39, 0.29) is 29.8 Å². The molecule has 3 atom stereocenters. The molecule has 33 heavy (non-hydrogen) atoms. The summed E-state index contributed by atoms with van der Waals surface area (Å²) >= 11 is 0. The van der Waals surface area contributed by atoms with Gasteiger partial charge in [0.05, 0.1) is 12.7 Å². The Bertz CT molecular complexity index is 948. The minimum absolute atomic E-state index is 0.0728. The van der Waals surface area contributed by atoms with E-state index < -0.39 is 12.0 Å². The molecule has 2 N–H and O–H groups in total. The summed E-state index contributed by atoms with van der Waals surface area (Å²) in [7, 11) is 0. The summed E-state index contributed by atoms with van der Waals surface area (Å²) in [4.78, 5) is 28.9. The number of aliphatic carboxylic acids is 1. The van der Waals surface area contributed by atoms with Crippen LogP contribution in [-0.4, -0.2) is 34.1 Å². The predicted molar refractivity (Wildman–Crippen MR) is 126 cm³/mol. The van der Waals surface area contributed by atoms with Crippen molar-refractivity contribution in [1.29, 1.82) is 0 Å². The summed E-state index contributed by atoms with van der Waals surface area (Å²) < 4.78 is 12.3. The molecule has 1 amide bonds. The number of amides is 1. The van der Waals surface area contributed by atoms with Gasteiger partial charge in [0.1, 0.15) is 17.5 Å². The number of aryl methyl sites for hydroxylation is 1. The van der Waals surface area contributed by atoms with E-state index in [1.807, 2.05) is 31.2 Å². The number of carbonyl (C=O) groups is 2. The lowest BCUT2D eigenvalue weighted by atomic mass is 9.86. The number of hydrogen-bond acceptors (Lipinski definition) is 5. The molecule has 1 aromatic heterocycles. The summed E-state index contributed by atoms with van der Waals surface area (Å²) in [6.07, 6.45) is 2.99. The number of carbonyl (C=O) groups excluding carboxylic acids is 1. The number of aromatic nitrogens is 1. The lowest BCUT2D eigenvalue weighted by molar-refractivity contribution is -0.144. The van der Waals surface area contributed by atoms with Gasteiger partial charge < -0.3 is 19.6 Å². The average molecular weight is 457 g/mol. The molecule has 7 heteroatoms. The molecular weight excluding hydrogens is 420 g/mol. The standard InChI is InChI=1S/C26H36N2O5/c1-15(2)22(26(30)31)28-24(29)19-7-6-8-20(13-19)32-14-21-23(16(3)4)33-25(27-21)18-11-9-17(5)10-12-18/h9-12,15-16,19-20,22H,6-8,13-14H2,1-5H3,(H,28,29)(H,30,31). The van der Waals surface area contributed by atoms with Crippen molar-refractivity contribution in [2.45, 2.75) is 85.0 Å². The van der Waals surface area contributed by atoms with Gasteiger partial charge in [-0.15, -0.1) is 0 Å². The Kier molecular flexibility index (Phi) is 8.30. The van der Waals surface area contributed by atoms with Crippen molar-refractivity contribution >= 4 is 11.9 Å². The Morgan fingerprint density at radius 2 is 1.88 bits per heavy atom. The van der Waals surface area contributed by atoms with Gasteiger partial charge in [-0.1, -0.05) is 51.8 Å². The van der Waals surface area contributed by atoms with Crippen LogP contribution in [-0.2, 0) is 20.9 Å². The van der Waals surface area contributed by atoms with Crippen LogP contribution in [0.4, 0.5) is 0 Å². The fraction of sp³-hybridized carbons (Fsp3) is 0.577. The summed E-state index contributed by atoms with van der Waals surface area (Å²) in [5.74, 6) is -0.0394. The lowest BCUT2D eigenvalue weighted by Gasteiger charge is -2.29. The van der Waals surface area contributed by atoms with Crippen LogP contribution < -0.4 is 5.32 Å². The molecule has 2 aromatic rings. The Balaban J connectivity index is 1.64. The van der Waals surface area contributed by atoms with E-state index in [1.165, 1.54) is 5.56 Å². The second kappa shape index (κ2) is 11.0. The summed E-state index contributed by atoms with van der Waals surface area (Å²) in [5, 5.41) is 12.1. The van der Waals surface area contributed by atoms with Crippen molar-refractivity contribution < 1.29 is 23.8 Å². The lowest BCUT2D eigenvalue weighted by Crippen LogP contribution is -2.47. The maximum Gasteiger partial charge on any atom is 0.326 e. The SMILES string of the molecule is Cc1ccc(-c2nc(COC3CCCC(C(=O)NC(C(=O)O)C(C)C)C3)c(C(C)C)o2)cc1. The summed E-state index contributed by atoms with van der Waals surface area (Å²) in [5.41, 5.74) is 2.90. The van der Waals surface area contributed by atoms with Gasteiger partial charge in [0, 0.05) is 17.4 Å². The van der Waals surface area contributed by atoms with Gasteiger partial charge in [0.25, 0.3) is 0 Å². The summed E-state index contributed by atoms with van der Waals surface area (Å²) in [6, 6.07) is 7.20. The topological polar surface area (TPSA) is 102 Å². The van der Waals surface area contributed by atoms with Gasteiger partial charge in [-0.2, -0.15) is 0 Å². The van der Waals surface area contributed by atoms with Crippen LogP contribution >= 0.6 is 0 Å². The van der Waals surface area contributed by atoms with E-state index in [9.17, 15) is 14.7 Å². The number of benzene rings is 1. The maximum atomic E-state index is 12.7. The zero-order valence-electron chi connectivity index (χ0n) is 20.3. The monoisotopic (exact) mass is 456 g/mol. The van der Waals surface area contributed by atoms with Gasteiger partial charge in [0.2, 0.25) is 11.8 Å². The van der Waals surface area contributed by atoms with Gasteiger partial charge in [-0.3, -0.25) is 4.79 Å². The van der Waals surface area contributed by atoms with Gasteiger partial charge in [-0.05, 0) is 44.2 Å². The van der Waals surface area contributed by atoms with Crippen LogP contribution in [0.3, 0.4) is 0 Å². The Morgan fingerprint density at radius 3 is 2.48 bits per heavy atom. The second-order valence-electron chi connectivity index (χ2n) is 9.72. The molecule has 0 radical (unpaired) electrons. The zero-order chi connectivity index (χ0) is 24.1. The maximum absolute atomic E-state index is 12.7. The molecule has 1 aromatic carbocycles. The first-order valence-electron chi connectivity index (χ1n) is 11.9. The second-order valence-corrected chi connectivity index (χ2v) is 9.72. The van der Waals surface area contributed by atoms with Crippen LogP contribution in [0.5, 0.6) is 0 Å². The highest BCUT2D eigenvalue weighted by molar-refractivity contribution is 5.85. The number of rotatable bonds is 9. The fourth-order valence-electron chi connectivity index (χ4n) is 4.25. The molecule has 180 valence electrons. The Morgan fingerprint density at radius 1 is 1.18 bits per heavy atom. The first-order valence-corrected chi connectivity index (χ1v) is 11.9. The van der Waals surface area contributed by atoms with Crippen molar-refractivity contribution in [3.8, 4) is 11.5 Å². The van der Waals surface area contributed by atoms with Gasteiger partial charge in [-0.25, -0.2) is 9.78 Å². The van der Waals surface area contributed by atoms with Crippen LogP contribution in [0.25, 0.3) is 11.5 Å². The molecule has 0 saturated heterocycles. The minimum Gasteiger partial charge on any atom is -0.480 e. The van der Waals surface area contributed by atoms with E-state index in [1.54, 1.807) is 13.8 Å². The quantitative estimate of drug-likeness (QED) is 0.546. The molecule has 1 aliphatic carbocycles. The largest absolute Gasteiger partial charge is 0.480 e. The molecule has 3 rings (SSSR count). The molecule has 1 aliphatic rings. The van der Waals surface area contributed by atoms with Crippen LogP contribution in [0.1, 0.15) is 76.3 Å². The van der Waals surface area contributed by atoms with Gasteiger partial charge >= 0.3 is 5.97 Å². The first-order chi connectivity index (χ1) is 15.7. The number of ether oxygens (including phenoxy) is 1. The molecule has 1 saturated carbocycles. The number of hydrogen-bond donors (Lipinski definition) is 2. The fourth-order valence-corrected chi connectivity index (χ4v) is 4.25. The van der Waals surface area contributed by atoms with E-state index in [4.69, 9.17) is 14.1 Å². The molecule has 0 bridgehead atoms. The smallest absolute Gasteiger partial charge is 0.326 e. The van der Waals surface area contributed by atoms with Crippen LogP contribution in [0, 0.1) is 18.8 Å². The van der Waals surface area contributed by atoms with E-state index in [2.05, 4.69) is 19.2 Å². The molecule has 0 spiro atoms. The zero-order valence-corrected chi connectivity index (χ0v) is 20.3. The Hall–Kier alpha value is -2.67. The third kappa shape index (κ3) is 6.44. The predicted octanol–water partition coefficient (Wildman–Crippen LogP) is 5.07. The average Bonchev–Trinajstić information content (AvgIpc) is 3.20. The summed E-state index contributed by atoms with van der Waals surface area (Å²) in [6.45, 7) is 10.1. The van der Waals surface area contributed by atoms with Gasteiger partial charge in [0.15, 0.2) is 0 Å². The number of carboxylic acid groups (broad SMARTS) is 1. The van der Waals surface area contributed by atoms with Crippen molar-refractivity contribution in [1.82, 2.24) is 10.3 Å². The highest BCUT2D eigenvalue weighted by Gasteiger charge is 2.32. The molecular formula is C26H36N2O5. The van der Waals surface area contributed by atoms with Crippen molar-refractivity contribution in [2.75, 3.05) is 0 Å². The van der Waals surface area contributed by atoms with Crippen molar-refractivity contribution in [2.24, 2.45) is 11.8 Å². The number of nitrogens with one attached hydrogen (secondary N) is 1. The van der Waals surface area contributed by atoms with Crippen LogP contribution in [0.15, 0.2) is 28.7 Å². The first kappa shape index (κ1) is 25.0. The van der Waals surface area contributed by atoms with E-state index in [0.717, 1.165) is 36.3 Å². The molecule has 1 heterocycles.